The highest BCUT2D eigenvalue weighted by Gasteiger charge is 2.27. The molecule has 3 rings (SSSR count). The molecule has 3 aromatic rings. The molecule has 0 aliphatic rings. The van der Waals surface area contributed by atoms with Crippen molar-refractivity contribution in [3.63, 3.8) is 0 Å². The lowest BCUT2D eigenvalue weighted by Crippen LogP contribution is -2.47. The van der Waals surface area contributed by atoms with Gasteiger partial charge in [0.25, 0.3) is 5.91 Å². The lowest BCUT2D eigenvalue weighted by Gasteiger charge is -2.23. The predicted octanol–water partition coefficient (Wildman–Crippen LogP) is 4.44. The summed E-state index contributed by atoms with van der Waals surface area (Å²) >= 11 is 1.27. The fraction of sp³-hybridized carbons (Fsp3) is 0.273. The van der Waals surface area contributed by atoms with Crippen LogP contribution in [0.4, 0.5) is 9.52 Å². The van der Waals surface area contributed by atoms with E-state index in [1.807, 2.05) is 45.0 Å². The van der Waals surface area contributed by atoms with Crippen molar-refractivity contribution in [2.75, 3.05) is 5.32 Å². The van der Waals surface area contributed by atoms with Crippen molar-refractivity contribution in [2.24, 2.45) is 5.92 Å². The molecular formula is C22H23FN4O2S. The van der Waals surface area contributed by atoms with E-state index < -0.39 is 17.8 Å². The van der Waals surface area contributed by atoms with Crippen LogP contribution in [0.15, 0.2) is 48.5 Å². The van der Waals surface area contributed by atoms with Gasteiger partial charge in [0.15, 0.2) is 0 Å². The van der Waals surface area contributed by atoms with Crippen LogP contribution in [0.25, 0.3) is 10.6 Å². The first-order valence-corrected chi connectivity index (χ1v) is 10.5. The molecule has 2 N–H and O–H groups in total. The average molecular weight is 427 g/mol. The summed E-state index contributed by atoms with van der Waals surface area (Å²) in [6.45, 7) is 5.83. The van der Waals surface area contributed by atoms with E-state index in [9.17, 15) is 14.0 Å². The van der Waals surface area contributed by atoms with Crippen molar-refractivity contribution >= 4 is 28.3 Å². The van der Waals surface area contributed by atoms with E-state index in [0.717, 1.165) is 11.1 Å². The molecule has 156 valence electrons. The van der Waals surface area contributed by atoms with E-state index in [1.54, 1.807) is 0 Å². The molecule has 0 bridgehead atoms. The number of benzene rings is 2. The normalized spacial score (nSPS) is 12.8. The fourth-order valence-electron chi connectivity index (χ4n) is 2.80. The monoisotopic (exact) mass is 426 g/mol. The van der Waals surface area contributed by atoms with E-state index in [4.69, 9.17) is 0 Å². The zero-order valence-electron chi connectivity index (χ0n) is 17.0. The topological polar surface area (TPSA) is 84.0 Å². The smallest absolute Gasteiger partial charge is 0.251 e. The van der Waals surface area contributed by atoms with Gasteiger partial charge in [0.05, 0.1) is 0 Å². The first-order valence-electron chi connectivity index (χ1n) is 9.65. The Morgan fingerprint density at radius 1 is 1.07 bits per heavy atom. The second-order valence-corrected chi connectivity index (χ2v) is 8.09. The van der Waals surface area contributed by atoms with E-state index in [0.29, 0.717) is 16.6 Å². The Morgan fingerprint density at radius 3 is 2.37 bits per heavy atom. The molecule has 0 saturated carbocycles. The molecule has 0 saturated heterocycles. The van der Waals surface area contributed by atoms with Gasteiger partial charge in [0.2, 0.25) is 11.0 Å². The number of aromatic nitrogens is 2. The zero-order valence-corrected chi connectivity index (χ0v) is 17.8. The van der Waals surface area contributed by atoms with Gasteiger partial charge in [-0.25, -0.2) is 4.39 Å². The number of carbonyl (C=O) groups is 2. The van der Waals surface area contributed by atoms with Gasteiger partial charge in [-0.1, -0.05) is 61.4 Å². The van der Waals surface area contributed by atoms with Crippen LogP contribution in [0, 0.1) is 18.7 Å². The molecule has 2 atom stereocenters. The van der Waals surface area contributed by atoms with Gasteiger partial charge in [-0.3, -0.25) is 14.9 Å². The fourth-order valence-corrected chi connectivity index (χ4v) is 3.55. The minimum atomic E-state index is -0.765. The Morgan fingerprint density at radius 2 is 1.73 bits per heavy atom. The number of aryl methyl sites for hydroxylation is 1. The zero-order chi connectivity index (χ0) is 21.7. The summed E-state index contributed by atoms with van der Waals surface area (Å²) in [4.78, 5) is 25.4. The first-order chi connectivity index (χ1) is 14.4. The molecule has 6 nitrogen and oxygen atoms in total. The number of carbonyl (C=O) groups excluding carboxylic acids is 2. The van der Waals surface area contributed by atoms with Crippen molar-refractivity contribution in [1.29, 1.82) is 0 Å². The Balaban J connectivity index is 1.72. The molecule has 0 fully saturated rings. The Bertz CT molecular complexity index is 1020. The number of hydrogen-bond donors (Lipinski definition) is 2. The van der Waals surface area contributed by atoms with Crippen LogP contribution in [0.5, 0.6) is 0 Å². The summed E-state index contributed by atoms with van der Waals surface area (Å²) in [5, 5.41) is 14.8. The van der Waals surface area contributed by atoms with E-state index in [-0.39, 0.29) is 17.4 Å². The van der Waals surface area contributed by atoms with Gasteiger partial charge < -0.3 is 5.32 Å². The van der Waals surface area contributed by atoms with Gasteiger partial charge in [-0.05, 0) is 37.1 Å². The van der Waals surface area contributed by atoms with E-state index in [1.165, 1.54) is 35.6 Å². The third kappa shape index (κ3) is 5.27. The second-order valence-electron chi connectivity index (χ2n) is 7.11. The lowest BCUT2D eigenvalue weighted by atomic mass is 9.98. The average Bonchev–Trinajstić information content (AvgIpc) is 3.20. The number of rotatable bonds is 7. The van der Waals surface area contributed by atoms with Crippen molar-refractivity contribution in [1.82, 2.24) is 15.5 Å². The van der Waals surface area contributed by atoms with Gasteiger partial charge in [0.1, 0.15) is 16.9 Å². The predicted molar refractivity (Wildman–Crippen MR) is 116 cm³/mol. The van der Waals surface area contributed by atoms with Crippen molar-refractivity contribution in [2.45, 2.75) is 33.2 Å². The summed E-state index contributed by atoms with van der Waals surface area (Å²) in [5.74, 6) is -1.35. The maximum atomic E-state index is 13.1. The van der Waals surface area contributed by atoms with Gasteiger partial charge in [-0.15, -0.1) is 10.2 Å². The van der Waals surface area contributed by atoms with Crippen LogP contribution in [-0.2, 0) is 4.79 Å². The van der Waals surface area contributed by atoms with Crippen LogP contribution >= 0.6 is 11.3 Å². The molecule has 1 aromatic heterocycles. The molecular weight excluding hydrogens is 403 g/mol. The molecule has 2 aromatic carbocycles. The number of halogens is 1. The van der Waals surface area contributed by atoms with Gasteiger partial charge >= 0.3 is 0 Å². The minimum absolute atomic E-state index is 0.112. The summed E-state index contributed by atoms with van der Waals surface area (Å²) in [6.07, 6.45) is 0.687. The highest BCUT2D eigenvalue weighted by Crippen LogP contribution is 2.26. The van der Waals surface area contributed by atoms with Crippen molar-refractivity contribution in [3.8, 4) is 10.6 Å². The first kappa shape index (κ1) is 21.6. The molecule has 0 spiro atoms. The standard InChI is InChI=1S/C22H23FN4O2S/c1-4-14(3)18(24-19(28)15-9-11-17(23)12-10-15)20(29)25-22-27-26-21(30-22)16-7-5-13(2)6-8-16/h5-12,14,18H,4H2,1-3H3,(H,24,28)(H,25,27,29). The van der Waals surface area contributed by atoms with E-state index in [2.05, 4.69) is 20.8 Å². The quantitative estimate of drug-likeness (QED) is 0.585. The molecule has 0 radical (unpaired) electrons. The van der Waals surface area contributed by atoms with Crippen LogP contribution < -0.4 is 10.6 Å². The SMILES string of the molecule is CCC(C)C(NC(=O)c1ccc(F)cc1)C(=O)Nc1nnc(-c2ccc(C)cc2)s1. The number of anilines is 1. The van der Waals surface area contributed by atoms with Crippen LogP contribution in [0.3, 0.4) is 0 Å². The van der Waals surface area contributed by atoms with Gasteiger partial charge in [-0.2, -0.15) is 0 Å². The largest absolute Gasteiger partial charge is 0.340 e. The number of amides is 2. The maximum Gasteiger partial charge on any atom is 0.251 e. The molecule has 0 aliphatic carbocycles. The summed E-state index contributed by atoms with van der Waals surface area (Å²) < 4.78 is 13.1. The lowest BCUT2D eigenvalue weighted by molar-refractivity contribution is -0.119. The summed E-state index contributed by atoms with van der Waals surface area (Å²) in [5.41, 5.74) is 2.35. The molecule has 30 heavy (non-hydrogen) atoms. The number of nitrogens with zero attached hydrogens (tertiary/aromatic N) is 2. The second kappa shape index (κ2) is 9.58. The highest BCUT2D eigenvalue weighted by atomic mass is 32.1. The molecule has 8 heteroatoms. The Labute approximate surface area is 178 Å². The molecule has 1 heterocycles. The highest BCUT2D eigenvalue weighted by molar-refractivity contribution is 7.18. The Kier molecular flexibility index (Phi) is 6.89. The molecule has 0 aliphatic heterocycles. The van der Waals surface area contributed by atoms with Crippen LogP contribution in [-0.4, -0.2) is 28.1 Å². The molecule has 2 amide bonds. The maximum absolute atomic E-state index is 13.1. The van der Waals surface area contributed by atoms with Crippen LogP contribution in [0.1, 0.15) is 36.2 Å². The minimum Gasteiger partial charge on any atom is -0.340 e. The third-order valence-electron chi connectivity index (χ3n) is 4.84. The summed E-state index contributed by atoms with van der Waals surface area (Å²) in [6, 6.07) is 12.3. The van der Waals surface area contributed by atoms with Crippen molar-refractivity contribution in [3.05, 3.63) is 65.5 Å². The van der Waals surface area contributed by atoms with Gasteiger partial charge in [0, 0.05) is 11.1 Å². The van der Waals surface area contributed by atoms with E-state index >= 15 is 0 Å². The van der Waals surface area contributed by atoms with Crippen molar-refractivity contribution < 1.29 is 14.0 Å². The third-order valence-corrected chi connectivity index (χ3v) is 5.73. The number of hydrogen-bond acceptors (Lipinski definition) is 5. The molecule has 2 unspecified atom stereocenters. The number of nitrogens with one attached hydrogen (secondary N) is 2. The summed E-state index contributed by atoms with van der Waals surface area (Å²) in [7, 11) is 0. The van der Waals surface area contributed by atoms with Crippen LogP contribution in [0.2, 0.25) is 0 Å². The Hall–Kier alpha value is -3.13.